The highest BCUT2D eigenvalue weighted by atomic mass is 32.4. The van der Waals surface area contributed by atoms with Gasteiger partial charge in [0.1, 0.15) is 6.17 Å². The van der Waals surface area contributed by atoms with Gasteiger partial charge in [0.25, 0.3) is 0 Å². The fourth-order valence-corrected chi connectivity index (χ4v) is 20.3. The fraction of sp³-hybridized carbons (Fsp3) is 0.0133. The van der Waals surface area contributed by atoms with E-state index in [1.54, 1.807) is 0 Å². The predicted molar refractivity (Wildman–Crippen MR) is 351 cm³/mol. The number of hydrogen-bond acceptors (Lipinski definition) is 4. The van der Waals surface area contributed by atoms with Crippen LogP contribution in [-0.2, 0) is 16.4 Å². The second-order valence-electron chi connectivity index (χ2n) is 21.4. The van der Waals surface area contributed by atoms with Crippen molar-refractivity contribution in [1.82, 2.24) is 0 Å². The molecule has 382 valence electrons. The van der Waals surface area contributed by atoms with Gasteiger partial charge < -0.3 is 14.8 Å². The molecule has 3 nitrogen and oxygen atoms in total. The molecule has 2 aliphatic heterocycles. The molecule has 14 aromatic carbocycles. The third kappa shape index (κ3) is 7.42. The van der Waals surface area contributed by atoms with Crippen molar-refractivity contribution in [1.29, 1.82) is 0 Å². The Balaban J connectivity index is 0.829. The molecule has 0 saturated carbocycles. The van der Waals surface area contributed by atoms with Gasteiger partial charge in [0.15, 0.2) is 7.14 Å². The van der Waals surface area contributed by atoms with Crippen molar-refractivity contribution in [2.75, 3.05) is 10.2 Å². The first kappa shape index (κ1) is 47.8. The first-order valence-corrected chi connectivity index (χ1v) is 32.1. The molecule has 1 N–H and O–H groups in total. The first-order valence-electron chi connectivity index (χ1n) is 27.6. The summed E-state index contributed by atoms with van der Waals surface area (Å²) in [5.74, 6) is 0. The highest BCUT2D eigenvalue weighted by Crippen LogP contribution is 2.57. The van der Waals surface area contributed by atoms with E-state index in [9.17, 15) is 0 Å². The SMILES string of the molecule is O=P(c1ccccc1)(c1ccc2c(ccc3ccccc32)c1)c1cccc2cc(-c3ccc4c(c3)N3c5cc(-c6ccc(P(=S)(c7ccccc7)c7ccccc7)c7ccccc67)ccc5-c5ccc6ccccc6c5C3N4)ccc12. The summed E-state index contributed by atoms with van der Waals surface area (Å²) in [5, 5.41) is 21.6. The van der Waals surface area contributed by atoms with Gasteiger partial charge >= 0.3 is 0 Å². The minimum atomic E-state index is -3.37. The van der Waals surface area contributed by atoms with Crippen LogP contribution < -0.4 is 42.0 Å². The molecule has 0 spiro atoms. The summed E-state index contributed by atoms with van der Waals surface area (Å²) in [7, 11) is -3.37. The van der Waals surface area contributed by atoms with E-state index < -0.39 is 13.2 Å². The van der Waals surface area contributed by atoms with Crippen LogP contribution in [0.1, 0.15) is 11.7 Å². The second kappa shape index (κ2) is 18.7. The van der Waals surface area contributed by atoms with Crippen LogP contribution in [-0.4, -0.2) is 0 Å². The maximum absolute atomic E-state index is 16.4. The van der Waals surface area contributed by atoms with Crippen LogP contribution in [0, 0.1) is 0 Å². The van der Waals surface area contributed by atoms with E-state index in [1.165, 1.54) is 70.5 Å². The average Bonchev–Trinajstić information content (AvgIpc) is 4.04. The van der Waals surface area contributed by atoms with Crippen molar-refractivity contribution >= 4 is 128 Å². The lowest BCUT2D eigenvalue weighted by atomic mass is 9.86. The number of nitrogens with zero attached hydrogens (tertiary/aromatic N) is 1. The molecule has 2 atom stereocenters. The minimum absolute atomic E-state index is 0.152. The third-order valence-corrected chi connectivity index (χ3v) is 25.2. The smallest absolute Gasteiger partial charge is 0.171 e. The van der Waals surface area contributed by atoms with E-state index in [-0.39, 0.29) is 6.17 Å². The standard InChI is InChI=1S/C75H50N2OP2S/c78-79(56-20-4-1-5-21-56,59-37-41-61-54(46-59)32-31-49-17-10-12-26-60(49)61)72-30-16-19-53-45-51(34-38-63(53)72)52-36-43-69-71(47-52)77-70-48-55(35-39-66(70)68-40-33-50-18-11-13-27-64(50)74(68)75(77)76-69)62-42-44-73(67-29-15-14-28-65(62)67)80(81,57-22-6-2-7-23-57)58-24-8-3-9-25-58/h1-48,75-76H. The number of fused-ring (bicyclic) bond motifs is 15. The topological polar surface area (TPSA) is 32.3 Å². The predicted octanol–water partition coefficient (Wildman–Crippen LogP) is 17.4. The zero-order chi connectivity index (χ0) is 53.8. The van der Waals surface area contributed by atoms with Crippen LogP contribution in [0.25, 0.3) is 87.2 Å². The second-order valence-corrected chi connectivity index (χ2v) is 28.5. The monoisotopic (exact) mass is 1090 g/mol. The molecule has 14 aromatic rings. The Bertz CT molecular complexity index is 4960. The summed E-state index contributed by atoms with van der Waals surface area (Å²) in [6.45, 7) is 0. The van der Waals surface area contributed by atoms with Gasteiger partial charge in [-0.05, 0) is 123 Å². The van der Waals surface area contributed by atoms with Gasteiger partial charge in [0.05, 0.1) is 17.1 Å². The Labute approximate surface area is 475 Å². The molecule has 2 aliphatic rings. The normalized spacial score (nSPS) is 14.3. The Morgan fingerprint density at radius 2 is 0.864 bits per heavy atom. The van der Waals surface area contributed by atoms with Gasteiger partial charge in [-0.25, -0.2) is 0 Å². The van der Waals surface area contributed by atoms with Gasteiger partial charge in [-0.2, -0.15) is 0 Å². The van der Waals surface area contributed by atoms with Gasteiger partial charge in [0.2, 0.25) is 0 Å². The molecular weight excluding hydrogens is 1040 g/mol. The van der Waals surface area contributed by atoms with Crippen molar-refractivity contribution in [3.63, 3.8) is 0 Å². The van der Waals surface area contributed by atoms with Crippen LogP contribution in [0.4, 0.5) is 17.1 Å². The lowest BCUT2D eigenvalue weighted by molar-refractivity contribution is 0.592. The molecule has 2 unspecified atom stereocenters. The molecule has 0 bridgehead atoms. The van der Waals surface area contributed by atoms with Gasteiger partial charge in [-0.3, -0.25) is 0 Å². The summed E-state index contributed by atoms with van der Waals surface area (Å²) in [5.41, 5.74) is 11.6. The Hall–Kier alpha value is -9.14. The zero-order valence-corrected chi connectivity index (χ0v) is 46.6. The fourth-order valence-electron chi connectivity index (χ4n) is 13.3. The van der Waals surface area contributed by atoms with Crippen LogP contribution in [0.15, 0.2) is 291 Å². The van der Waals surface area contributed by atoms with Crippen LogP contribution in [0.2, 0.25) is 0 Å². The van der Waals surface area contributed by atoms with Crippen molar-refractivity contribution in [3.8, 4) is 33.4 Å². The molecule has 81 heavy (non-hydrogen) atoms. The number of anilines is 3. The van der Waals surface area contributed by atoms with Crippen molar-refractivity contribution in [3.05, 3.63) is 297 Å². The number of rotatable bonds is 8. The minimum Gasteiger partial charge on any atom is -0.359 e. The molecule has 0 amide bonds. The Kier molecular flexibility index (Phi) is 11.1. The van der Waals surface area contributed by atoms with Crippen molar-refractivity contribution < 1.29 is 4.57 Å². The van der Waals surface area contributed by atoms with E-state index in [0.29, 0.717) is 0 Å². The zero-order valence-electron chi connectivity index (χ0n) is 43.9. The van der Waals surface area contributed by atoms with E-state index >= 15 is 4.57 Å². The van der Waals surface area contributed by atoms with E-state index in [2.05, 4.69) is 271 Å². The molecular formula is C75H50N2OP2S. The molecule has 0 fully saturated rings. The molecule has 0 saturated heterocycles. The molecule has 2 heterocycles. The van der Waals surface area contributed by atoms with E-state index in [1.807, 2.05) is 30.3 Å². The van der Waals surface area contributed by atoms with Crippen molar-refractivity contribution in [2.45, 2.75) is 6.17 Å². The number of hydrogen-bond donors (Lipinski definition) is 1. The quantitative estimate of drug-likeness (QED) is 0.121. The van der Waals surface area contributed by atoms with Crippen LogP contribution in [0.5, 0.6) is 0 Å². The summed E-state index contributed by atoms with van der Waals surface area (Å²) >= 11 is 6.96. The van der Waals surface area contributed by atoms with Gasteiger partial charge in [-0.1, -0.05) is 273 Å². The highest BCUT2D eigenvalue weighted by Gasteiger charge is 2.40. The largest absolute Gasteiger partial charge is 0.359 e. The summed E-state index contributed by atoms with van der Waals surface area (Å²) in [6.07, 6.45) is -0.152. The van der Waals surface area contributed by atoms with Crippen LogP contribution >= 0.6 is 13.2 Å². The first-order chi connectivity index (χ1) is 39.9. The number of nitrogens with one attached hydrogen (secondary N) is 1. The third-order valence-electron chi connectivity index (χ3n) is 17.1. The molecule has 6 heteroatoms. The summed E-state index contributed by atoms with van der Waals surface area (Å²) in [4.78, 5) is 2.54. The van der Waals surface area contributed by atoms with E-state index in [4.69, 9.17) is 11.8 Å². The summed E-state index contributed by atoms with van der Waals surface area (Å²) in [6, 6.07) is 102. The molecule has 0 aliphatic carbocycles. The average molecular weight is 1090 g/mol. The van der Waals surface area contributed by atoms with Crippen LogP contribution in [0.3, 0.4) is 0 Å². The Morgan fingerprint density at radius 1 is 0.333 bits per heavy atom. The van der Waals surface area contributed by atoms with Crippen molar-refractivity contribution in [2.24, 2.45) is 0 Å². The maximum Gasteiger partial charge on any atom is 0.171 e. The molecule has 16 rings (SSSR count). The van der Waals surface area contributed by atoms with Gasteiger partial charge in [0, 0.05) is 38.4 Å². The highest BCUT2D eigenvalue weighted by molar-refractivity contribution is 8.25. The lowest BCUT2D eigenvalue weighted by Gasteiger charge is -2.36. The van der Waals surface area contributed by atoms with Gasteiger partial charge in [-0.15, -0.1) is 0 Å². The molecule has 0 radical (unpaired) electrons. The molecule has 0 aromatic heterocycles. The lowest BCUT2D eigenvalue weighted by Crippen LogP contribution is -2.28. The summed E-state index contributed by atoms with van der Waals surface area (Å²) < 4.78 is 16.4. The van der Waals surface area contributed by atoms with E-state index in [0.717, 1.165) is 71.2 Å². The Morgan fingerprint density at radius 3 is 1.63 bits per heavy atom. The maximum atomic E-state index is 16.4. The number of benzene rings is 14.